The second kappa shape index (κ2) is 8.50. The van der Waals surface area contributed by atoms with Crippen LogP contribution < -0.4 is 10.5 Å². The van der Waals surface area contributed by atoms with Gasteiger partial charge in [-0.05, 0) is 30.2 Å². The average Bonchev–Trinajstić information content (AvgIpc) is 2.51. The molecule has 126 valence electrons. The highest BCUT2D eigenvalue weighted by Crippen LogP contribution is 2.24. The summed E-state index contributed by atoms with van der Waals surface area (Å²) in [4.78, 5) is 24.2. The van der Waals surface area contributed by atoms with Crippen LogP contribution in [0.25, 0.3) is 0 Å². The van der Waals surface area contributed by atoms with Gasteiger partial charge in [-0.1, -0.05) is 0 Å². The van der Waals surface area contributed by atoms with Crippen molar-refractivity contribution in [2.24, 2.45) is 5.73 Å². The second-order valence-electron chi connectivity index (χ2n) is 4.95. The Balaban J connectivity index is 0.00000264. The Morgan fingerprint density at radius 3 is 2.83 bits per heavy atom. The molecular formula is C15H18ClFN2O4. The minimum atomic E-state index is -1.04. The van der Waals surface area contributed by atoms with Gasteiger partial charge < -0.3 is 20.5 Å². The van der Waals surface area contributed by atoms with E-state index in [1.807, 2.05) is 0 Å². The summed E-state index contributed by atoms with van der Waals surface area (Å²) in [6.07, 6.45) is 0.972. The molecule has 1 amide bonds. The van der Waals surface area contributed by atoms with Gasteiger partial charge in [-0.15, -0.1) is 12.4 Å². The first-order valence-corrected chi connectivity index (χ1v) is 6.80. The van der Waals surface area contributed by atoms with Crippen molar-refractivity contribution >= 4 is 24.3 Å². The zero-order chi connectivity index (χ0) is 16.1. The van der Waals surface area contributed by atoms with Crippen molar-refractivity contribution in [1.82, 2.24) is 4.90 Å². The van der Waals surface area contributed by atoms with Crippen LogP contribution in [0.3, 0.4) is 0 Å². The van der Waals surface area contributed by atoms with E-state index in [4.69, 9.17) is 15.6 Å². The molecule has 1 aliphatic rings. The maximum atomic E-state index is 12.4. The highest BCUT2D eigenvalue weighted by atomic mass is 35.5. The summed E-state index contributed by atoms with van der Waals surface area (Å²) in [6.45, 7) is 0.159. The van der Waals surface area contributed by atoms with Gasteiger partial charge in [0.15, 0.2) is 0 Å². The quantitative estimate of drug-likeness (QED) is 0.813. The largest absolute Gasteiger partial charge is 0.489 e. The van der Waals surface area contributed by atoms with Gasteiger partial charge in [0.25, 0.3) is 5.91 Å². The van der Waals surface area contributed by atoms with Crippen LogP contribution in [-0.4, -0.2) is 48.1 Å². The number of benzene rings is 1. The Morgan fingerprint density at radius 2 is 2.22 bits per heavy atom. The predicted octanol–water partition coefficient (Wildman–Crippen LogP) is 1.38. The number of carboxylic acid groups (broad SMARTS) is 1. The van der Waals surface area contributed by atoms with E-state index in [0.717, 1.165) is 5.56 Å². The number of carbonyl (C=O) groups is 2. The Morgan fingerprint density at radius 1 is 1.48 bits per heavy atom. The van der Waals surface area contributed by atoms with Crippen LogP contribution in [0.1, 0.15) is 15.9 Å². The van der Waals surface area contributed by atoms with Crippen LogP contribution in [0.5, 0.6) is 5.75 Å². The number of rotatable bonds is 6. The van der Waals surface area contributed by atoms with E-state index in [2.05, 4.69) is 0 Å². The summed E-state index contributed by atoms with van der Waals surface area (Å²) in [5, 5.41) is 8.78. The molecule has 6 nitrogen and oxygen atoms in total. The summed E-state index contributed by atoms with van der Waals surface area (Å²) in [6, 6.07) is 4.92. The number of carboxylic acids is 1. The number of hydrogen-bond acceptors (Lipinski definition) is 4. The third kappa shape index (κ3) is 4.67. The molecule has 2 rings (SSSR count). The first-order valence-electron chi connectivity index (χ1n) is 6.80. The lowest BCUT2D eigenvalue weighted by molar-refractivity contribution is -0.137. The first-order chi connectivity index (χ1) is 10.5. The minimum absolute atomic E-state index is 0. The number of hydrogen-bond donors (Lipinski definition) is 2. The van der Waals surface area contributed by atoms with Crippen molar-refractivity contribution in [3.63, 3.8) is 0 Å². The standard InChI is InChI=1S/C15H17FN2O4.ClH/c16-6-10(7-17)9-22-12-1-2-13-11(5-12)3-4-18(15(13)21)8-14(19)20;/h1-2,5-6H,3-4,7-9,17H2,(H,19,20);1H/b10-6-;. The second-order valence-corrected chi connectivity index (χ2v) is 4.95. The lowest BCUT2D eigenvalue weighted by Crippen LogP contribution is -2.40. The molecule has 3 N–H and O–H groups in total. The smallest absolute Gasteiger partial charge is 0.323 e. The fourth-order valence-electron chi connectivity index (χ4n) is 2.23. The number of nitrogens with two attached hydrogens (primary N) is 1. The van der Waals surface area contributed by atoms with E-state index in [0.29, 0.717) is 36.2 Å². The lowest BCUT2D eigenvalue weighted by Gasteiger charge is -2.27. The molecule has 0 aliphatic carbocycles. The van der Waals surface area contributed by atoms with Crippen LogP contribution in [0, 0.1) is 0 Å². The zero-order valence-electron chi connectivity index (χ0n) is 12.3. The van der Waals surface area contributed by atoms with E-state index in [9.17, 15) is 14.0 Å². The molecule has 1 aromatic carbocycles. The summed E-state index contributed by atoms with van der Waals surface area (Å²) >= 11 is 0. The molecule has 1 heterocycles. The van der Waals surface area contributed by atoms with Crippen LogP contribution in [0.2, 0.25) is 0 Å². The maximum Gasteiger partial charge on any atom is 0.323 e. The third-order valence-electron chi connectivity index (χ3n) is 3.41. The molecule has 0 saturated carbocycles. The molecule has 8 heteroatoms. The highest BCUT2D eigenvalue weighted by molar-refractivity contribution is 5.98. The fraction of sp³-hybridized carbons (Fsp3) is 0.333. The normalized spacial score (nSPS) is 14.1. The Labute approximate surface area is 139 Å². The predicted molar refractivity (Wildman–Crippen MR) is 84.7 cm³/mol. The highest BCUT2D eigenvalue weighted by Gasteiger charge is 2.25. The average molecular weight is 345 g/mol. The van der Waals surface area contributed by atoms with Crippen molar-refractivity contribution in [1.29, 1.82) is 0 Å². The van der Waals surface area contributed by atoms with Crippen LogP contribution in [-0.2, 0) is 11.2 Å². The summed E-state index contributed by atoms with van der Waals surface area (Å²) < 4.78 is 17.8. The number of aliphatic carboxylic acids is 1. The number of nitrogens with zero attached hydrogens (tertiary/aromatic N) is 1. The van der Waals surface area contributed by atoms with Gasteiger partial charge in [0.2, 0.25) is 0 Å². The van der Waals surface area contributed by atoms with Gasteiger partial charge in [0.05, 0.1) is 6.33 Å². The van der Waals surface area contributed by atoms with Crippen LogP contribution in [0.15, 0.2) is 30.1 Å². The SMILES string of the molecule is Cl.NC/C(=C/F)COc1ccc2c(c1)CCN(CC(=O)O)C2=O. The van der Waals surface area contributed by atoms with Crippen LogP contribution >= 0.6 is 12.4 Å². The van der Waals surface area contributed by atoms with E-state index in [-0.39, 0.29) is 38.0 Å². The minimum Gasteiger partial charge on any atom is -0.489 e. The molecule has 0 fully saturated rings. The summed E-state index contributed by atoms with van der Waals surface area (Å²) in [7, 11) is 0. The van der Waals surface area contributed by atoms with Gasteiger partial charge >= 0.3 is 5.97 Å². The molecule has 0 spiro atoms. The van der Waals surface area contributed by atoms with Crippen molar-refractivity contribution in [3.8, 4) is 5.75 Å². The Bertz CT molecular complexity index is 621. The summed E-state index contributed by atoms with van der Waals surface area (Å²) in [5.74, 6) is -0.823. The molecule has 0 aromatic heterocycles. The van der Waals surface area contributed by atoms with E-state index in [1.54, 1.807) is 18.2 Å². The molecule has 1 aromatic rings. The summed E-state index contributed by atoms with van der Waals surface area (Å²) in [5.41, 5.74) is 6.95. The Hall–Kier alpha value is -2.12. The fourth-order valence-corrected chi connectivity index (χ4v) is 2.23. The molecule has 1 aliphatic heterocycles. The number of amides is 1. The molecule has 23 heavy (non-hydrogen) atoms. The molecule has 0 saturated heterocycles. The van der Waals surface area contributed by atoms with Gasteiger partial charge in [-0.3, -0.25) is 9.59 Å². The number of halogens is 2. The number of carbonyl (C=O) groups excluding carboxylic acids is 1. The van der Waals surface area contributed by atoms with Crippen LogP contribution in [0.4, 0.5) is 4.39 Å². The van der Waals surface area contributed by atoms with Gasteiger partial charge in [0.1, 0.15) is 18.9 Å². The first kappa shape index (κ1) is 18.9. The zero-order valence-corrected chi connectivity index (χ0v) is 13.1. The van der Waals surface area contributed by atoms with Gasteiger partial charge in [0, 0.05) is 24.2 Å². The topological polar surface area (TPSA) is 92.9 Å². The van der Waals surface area contributed by atoms with E-state index < -0.39 is 5.97 Å². The monoisotopic (exact) mass is 344 g/mol. The van der Waals surface area contributed by atoms with Crippen molar-refractivity contribution in [2.45, 2.75) is 6.42 Å². The molecule has 0 radical (unpaired) electrons. The molecule has 0 atom stereocenters. The molecular weight excluding hydrogens is 327 g/mol. The maximum absolute atomic E-state index is 12.4. The lowest BCUT2D eigenvalue weighted by atomic mass is 9.98. The number of ether oxygens (including phenoxy) is 1. The van der Waals surface area contributed by atoms with Gasteiger partial charge in [-0.2, -0.15) is 0 Å². The number of fused-ring (bicyclic) bond motifs is 1. The Kier molecular flexibility index (Phi) is 6.99. The molecule has 0 unspecified atom stereocenters. The van der Waals surface area contributed by atoms with Gasteiger partial charge in [-0.25, -0.2) is 4.39 Å². The van der Waals surface area contributed by atoms with Crippen molar-refractivity contribution in [3.05, 3.63) is 41.2 Å². The van der Waals surface area contributed by atoms with Crippen molar-refractivity contribution in [2.75, 3.05) is 26.2 Å². The van der Waals surface area contributed by atoms with E-state index >= 15 is 0 Å². The van der Waals surface area contributed by atoms with E-state index in [1.165, 1.54) is 4.90 Å². The van der Waals surface area contributed by atoms with Crippen molar-refractivity contribution < 1.29 is 23.8 Å². The molecule has 0 bridgehead atoms. The third-order valence-corrected chi connectivity index (χ3v) is 3.41.